The summed E-state index contributed by atoms with van der Waals surface area (Å²) in [5.74, 6) is 4.23. The van der Waals surface area contributed by atoms with Crippen LogP contribution in [-0.2, 0) is 14.3 Å². The summed E-state index contributed by atoms with van der Waals surface area (Å²) in [6.07, 6.45) is 7.86. The number of carbonyl (C=O) groups excluding carboxylic acids is 2. The third-order valence-electron chi connectivity index (χ3n) is 14.7. The maximum Gasteiger partial charge on any atom is 0.410 e. The smallest absolute Gasteiger partial charge is 0.410 e. The molecule has 4 aromatic rings. The van der Waals surface area contributed by atoms with E-state index in [1.165, 1.54) is 0 Å². The number of aromatic nitrogens is 3. The number of anilines is 1. The highest BCUT2D eigenvalue weighted by Crippen LogP contribution is 2.48. The molecular weight excluding hydrogens is 852 g/mol. The highest BCUT2D eigenvalue weighted by Gasteiger charge is 2.47. The van der Waals surface area contributed by atoms with Crippen molar-refractivity contribution in [1.29, 1.82) is 0 Å². The van der Waals surface area contributed by atoms with E-state index < -0.39 is 19.5 Å². The van der Waals surface area contributed by atoms with Crippen LogP contribution in [0.25, 0.3) is 32.9 Å². The van der Waals surface area contributed by atoms with Crippen LogP contribution >= 0.6 is 0 Å². The van der Waals surface area contributed by atoms with Crippen molar-refractivity contribution in [3.8, 4) is 34.5 Å². The summed E-state index contributed by atoms with van der Waals surface area (Å²) >= 11 is 0. The van der Waals surface area contributed by atoms with Gasteiger partial charge in [0.05, 0.1) is 24.1 Å². The first kappa shape index (κ1) is 47.6. The van der Waals surface area contributed by atoms with E-state index in [2.05, 4.69) is 62.8 Å². The molecule has 4 aliphatic rings. The van der Waals surface area contributed by atoms with Crippen molar-refractivity contribution in [3.05, 3.63) is 47.9 Å². The molecule has 0 spiro atoms. The quantitative estimate of drug-likeness (QED) is 0.0520. The zero-order valence-corrected chi connectivity index (χ0v) is 41.7. The second-order valence-corrected chi connectivity index (χ2v) is 26.9. The number of nitrogens with zero attached hydrogens (tertiary/aromatic N) is 6. The number of benzene rings is 2. The summed E-state index contributed by atoms with van der Waals surface area (Å²) in [4.78, 5) is 46.2. The van der Waals surface area contributed by atoms with E-state index in [4.69, 9.17) is 33.9 Å². The third kappa shape index (κ3) is 9.63. The van der Waals surface area contributed by atoms with Gasteiger partial charge in [-0.1, -0.05) is 59.6 Å². The van der Waals surface area contributed by atoms with Gasteiger partial charge >= 0.3 is 12.1 Å². The van der Waals surface area contributed by atoms with E-state index in [9.17, 15) is 9.59 Å². The highest BCUT2D eigenvalue weighted by atomic mass is 28.3. The molecule has 14 heteroatoms. The molecule has 3 aliphatic heterocycles. The summed E-state index contributed by atoms with van der Waals surface area (Å²) in [5.41, 5.74) is 6.07. The van der Waals surface area contributed by atoms with Crippen LogP contribution in [0.2, 0.25) is 16.6 Å². The lowest BCUT2D eigenvalue weighted by molar-refractivity contribution is -0.112. The number of ether oxygens (including phenoxy) is 4. The second kappa shape index (κ2) is 19.0. The standard InChI is InChI=1S/C52H69FN6O6Si/c1-33(2)66(34(3)4,35(5)6)23-18-37-12-11-13-38-24-41(64-32-62-10)25-42(44(37)38)46-45(53)47-43(26-54-46)48(58-27-39-14-15-40(28-58)59(39)50(61)65-51(7,8)9)56-49(55-47)63-31-52(19-20-52)30-57-21-16-36(29-60)17-22-57/h11-13,24-26,29,33-36,39-40H,14-17,19-22,27-28,30-32H2,1-10H3. The lowest BCUT2D eigenvalue weighted by atomic mass is 9.96. The number of pyridine rings is 1. The molecule has 1 aliphatic carbocycles. The van der Waals surface area contributed by atoms with E-state index in [-0.39, 0.29) is 53.5 Å². The zero-order valence-electron chi connectivity index (χ0n) is 40.7. The molecule has 8 rings (SSSR count). The number of hydrogen-bond acceptors (Lipinski definition) is 11. The number of rotatable bonds is 14. The Morgan fingerprint density at radius 3 is 2.26 bits per heavy atom. The fourth-order valence-corrected chi connectivity index (χ4v) is 16.4. The van der Waals surface area contributed by atoms with Crippen LogP contribution in [0.3, 0.4) is 0 Å². The van der Waals surface area contributed by atoms with Gasteiger partial charge in [-0.3, -0.25) is 9.88 Å². The normalized spacial score (nSPS) is 20.0. The Morgan fingerprint density at radius 2 is 1.65 bits per heavy atom. The maximum atomic E-state index is 17.9. The fraction of sp³-hybridized carbons (Fsp3) is 0.596. The Hall–Kier alpha value is -4.84. The third-order valence-corrected chi connectivity index (χ3v) is 21.0. The molecule has 1 saturated carbocycles. The molecule has 2 aromatic carbocycles. The van der Waals surface area contributed by atoms with Crippen molar-refractivity contribution < 1.29 is 32.9 Å². The lowest BCUT2D eigenvalue weighted by Crippen LogP contribution is -2.57. The molecule has 1 amide bonds. The van der Waals surface area contributed by atoms with Gasteiger partial charge in [0.15, 0.2) is 12.6 Å². The summed E-state index contributed by atoms with van der Waals surface area (Å²) in [6.45, 7) is 23.5. The number of piperazine rings is 1. The summed E-state index contributed by atoms with van der Waals surface area (Å²) in [6, 6.07) is 9.66. The monoisotopic (exact) mass is 921 g/mol. The van der Waals surface area contributed by atoms with Crippen molar-refractivity contribution in [2.75, 3.05) is 58.1 Å². The van der Waals surface area contributed by atoms with E-state index in [0.29, 0.717) is 58.8 Å². The zero-order chi connectivity index (χ0) is 47.1. The van der Waals surface area contributed by atoms with Gasteiger partial charge in [-0.05, 0) is 113 Å². The fourth-order valence-electron chi connectivity index (χ4n) is 11.2. The molecule has 12 nitrogen and oxygen atoms in total. The summed E-state index contributed by atoms with van der Waals surface area (Å²) in [7, 11) is -0.566. The Morgan fingerprint density at radius 1 is 0.970 bits per heavy atom. The summed E-state index contributed by atoms with van der Waals surface area (Å²) < 4.78 is 41.7. The SMILES string of the molecule is COCOc1cc(-c2ncc3c(N4CC5CCC(C4)N5C(=O)OC(C)(C)C)nc(OCC4(CN5CCC(C=O)CC5)CC4)nc3c2F)c2c(C#C[Si](C(C)C)(C(C)C)C(C)C)cccc2c1. The average molecular weight is 921 g/mol. The van der Waals surface area contributed by atoms with Gasteiger partial charge in [0, 0.05) is 60.8 Å². The molecule has 0 radical (unpaired) electrons. The van der Waals surface area contributed by atoms with Gasteiger partial charge < -0.3 is 33.5 Å². The van der Waals surface area contributed by atoms with E-state index in [1.54, 1.807) is 13.3 Å². The lowest BCUT2D eigenvalue weighted by Gasteiger charge is -2.42. The molecule has 4 fully saturated rings. The number of carbonyl (C=O) groups is 2. The molecule has 66 heavy (non-hydrogen) atoms. The van der Waals surface area contributed by atoms with Crippen molar-refractivity contribution >= 4 is 47.9 Å². The van der Waals surface area contributed by atoms with E-state index in [0.717, 1.165) is 80.8 Å². The van der Waals surface area contributed by atoms with E-state index >= 15 is 4.39 Å². The average Bonchev–Trinajstić information content (AvgIpc) is 3.98. The van der Waals surface area contributed by atoms with Crippen LogP contribution in [0, 0.1) is 28.6 Å². The predicted molar refractivity (Wildman–Crippen MR) is 260 cm³/mol. The molecular formula is C52H69FN6O6Si. The molecule has 2 atom stereocenters. The number of halogens is 1. The van der Waals surface area contributed by atoms with E-state index in [1.807, 2.05) is 56.0 Å². The Bertz CT molecular complexity index is 2470. The molecule has 354 valence electrons. The minimum atomic E-state index is -2.13. The highest BCUT2D eigenvalue weighted by molar-refractivity contribution is 6.90. The van der Waals surface area contributed by atoms with Gasteiger partial charge in [0.1, 0.15) is 42.7 Å². The van der Waals surface area contributed by atoms with Crippen LogP contribution in [0.15, 0.2) is 36.5 Å². The van der Waals surface area contributed by atoms with Crippen LogP contribution < -0.4 is 14.4 Å². The maximum absolute atomic E-state index is 17.9. The van der Waals surface area contributed by atoms with Crippen LogP contribution in [-0.4, -0.2) is 116 Å². The first-order valence-electron chi connectivity index (χ1n) is 24.1. The Labute approximate surface area is 391 Å². The predicted octanol–water partition coefficient (Wildman–Crippen LogP) is 10.2. The number of likely N-dealkylation sites (tertiary alicyclic amines) is 1. The molecule has 5 heterocycles. The first-order chi connectivity index (χ1) is 31.5. The number of methoxy groups -OCH3 is 1. The van der Waals surface area contributed by atoms with Gasteiger partial charge in [-0.15, -0.1) is 5.54 Å². The number of amides is 1. The topological polar surface area (TPSA) is 119 Å². The molecule has 3 saturated heterocycles. The van der Waals surface area contributed by atoms with Gasteiger partial charge in [0.25, 0.3) is 0 Å². The van der Waals surface area contributed by atoms with Crippen molar-refractivity contribution in [2.24, 2.45) is 11.3 Å². The molecule has 2 bridgehead atoms. The first-order valence-corrected chi connectivity index (χ1v) is 26.3. The summed E-state index contributed by atoms with van der Waals surface area (Å²) in [5, 5.41) is 2.09. The number of fused-ring (bicyclic) bond motifs is 4. The molecule has 0 N–H and O–H groups in total. The molecule has 2 aromatic heterocycles. The second-order valence-electron chi connectivity index (χ2n) is 21.3. The number of hydrogen-bond donors (Lipinski definition) is 0. The van der Waals surface area contributed by atoms with Crippen molar-refractivity contribution in [2.45, 2.75) is 135 Å². The van der Waals surface area contributed by atoms with Crippen LogP contribution in [0.5, 0.6) is 11.8 Å². The van der Waals surface area contributed by atoms with Crippen molar-refractivity contribution in [3.63, 3.8) is 0 Å². The van der Waals surface area contributed by atoms with Crippen LogP contribution in [0.1, 0.15) is 106 Å². The largest absolute Gasteiger partial charge is 0.468 e. The van der Waals surface area contributed by atoms with Gasteiger partial charge in [-0.2, -0.15) is 9.97 Å². The van der Waals surface area contributed by atoms with Crippen LogP contribution in [0.4, 0.5) is 15.0 Å². The number of piperidine rings is 1. The Kier molecular flexibility index (Phi) is 13.7. The molecule has 2 unspecified atom stereocenters. The number of aldehydes is 1. The minimum absolute atomic E-state index is 0.0162. The Balaban J connectivity index is 1.23. The minimum Gasteiger partial charge on any atom is -0.468 e. The van der Waals surface area contributed by atoms with Gasteiger partial charge in [0.2, 0.25) is 0 Å². The van der Waals surface area contributed by atoms with Gasteiger partial charge in [-0.25, -0.2) is 9.18 Å². The van der Waals surface area contributed by atoms with Crippen molar-refractivity contribution in [1.82, 2.24) is 24.8 Å².